The molecule has 20 heavy (non-hydrogen) atoms. The number of fused-ring (bicyclic) bond motifs is 1. The van der Waals surface area contributed by atoms with Crippen LogP contribution >= 0.6 is 0 Å². The molecule has 0 saturated carbocycles. The van der Waals surface area contributed by atoms with Gasteiger partial charge in [-0.3, -0.25) is 4.90 Å². The Morgan fingerprint density at radius 2 is 2.05 bits per heavy atom. The van der Waals surface area contributed by atoms with Crippen molar-refractivity contribution in [2.45, 2.75) is 51.8 Å². The second-order valence-corrected chi connectivity index (χ2v) is 6.43. The lowest BCUT2D eigenvalue weighted by molar-refractivity contribution is 0.0504. The van der Waals surface area contributed by atoms with Gasteiger partial charge in [-0.25, -0.2) is 0 Å². The van der Waals surface area contributed by atoms with E-state index in [1.165, 1.54) is 5.56 Å². The van der Waals surface area contributed by atoms with E-state index in [0.29, 0.717) is 12.0 Å². The van der Waals surface area contributed by atoms with E-state index in [1.807, 2.05) is 12.1 Å². The van der Waals surface area contributed by atoms with Gasteiger partial charge in [0.05, 0.1) is 13.2 Å². The summed E-state index contributed by atoms with van der Waals surface area (Å²) in [6.07, 6.45) is 1.65. The zero-order chi connectivity index (χ0) is 14.9. The van der Waals surface area contributed by atoms with Crippen molar-refractivity contribution in [2.75, 3.05) is 14.2 Å². The van der Waals surface area contributed by atoms with Crippen LogP contribution < -0.4 is 4.74 Å². The molecule has 0 spiro atoms. The van der Waals surface area contributed by atoms with Gasteiger partial charge in [0, 0.05) is 12.1 Å². The summed E-state index contributed by atoms with van der Waals surface area (Å²) < 4.78 is 5.26. The molecule has 0 heterocycles. The van der Waals surface area contributed by atoms with E-state index >= 15 is 0 Å². The van der Waals surface area contributed by atoms with Crippen molar-refractivity contribution in [3.05, 3.63) is 29.3 Å². The Hall–Kier alpha value is -1.06. The molecule has 3 atom stereocenters. The van der Waals surface area contributed by atoms with Crippen molar-refractivity contribution in [1.29, 1.82) is 0 Å². The molecule has 0 aliphatic heterocycles. The fourth-order valence-electron chi connectivity index (χ4n) is 3.25. The summed E-state index contributed by atoms with van der Waals surface area (Å²) >= 11 is 0. The smallest absolute Gasteiger partial charge is 0.119 e. The van der Waals surface area contributed by atoms with Crippen LogP contribution in [0.5, 0.6) is 5.75 Å². The first kappa shape index (κ1) is 15.3. The number of aliphatic hydroxyl groups is 1. The van der Waals surface area contributed by atoms with E-state index in [-0.39, 0.29) is 6.04 Å². The molecule has 0 radical (unpaired) electrons. The second kappa shape index (κ2) is 6.15. The lowest BCUT2D eigenvalue weighted by Crippen LogP contribution is -2.41. The van der Waals surface area contributed by atoms with Crippen LogP contribution in [0.1, 0.15) is 44.4 Å². The molecule has 1 aliphatic rings. The molecule has 0 aromatic heterocycles. The first-order chi connectivity index (χ1) is 9.43. The molecule has 3 nitrogen and oxygen atoms in total. The van der Waals surface area contributed by atoms with Gasteiger partial charge in [-0.05, 0) is 56.0 Å². The normalized spacial score (nSPS) is 23.2. The predicted molar refractivity (Wildman–Crippen MR) is 82.1 cm³/mol. The van der Waals surface area contributed by atoms with Crippen molar-refractivity contribution < 1.29 is 9.84 Å². The number of benzene rings is 1. The van der Waals surface area contributed by atoms with Crippen LogP contribution in [0.25, 0.3) is 0 Å². The third kappa shape index (κ3) is 2.99. The van der Waals surface area contributed by atoms with Gasteiger partial charge in [0.2, 0.25) is 0 Å². The SMILES string of the molecule is COc1ccc2c(c1)C(O)C(N(C)C(C)CC(C)C)C2. The number of rotatable bonds is 5. The Kier molecular flexibility index (Phi) is 4.71. The van der Waals surface area contributed by atoms with Crippen molar-refractivity contribution in [1.82, 2.24) is 4.90 Å². The third-order valence-electron chi connectivity index (χ3n) is 4.50. The van der Waals surface area contributed by atoms with Gasteiger partial charge in [0.1, 0.15) is 5.75 Å². The highest BCUT2D eigenvalue weighted by atomic mass is 16.5. The van der Waals surface area contributed by atoms with Crippen LogP contribution in [0.2, 0.25) is 0 Å². The molecule has 1 aromatic carbocycles. The van der Waals surface area contributed by atoms with Gasteiger partial charge in [0.15, 0.2) is 0 Å². The van der Waals surface area contributed by atoms with E-state index in [0.717, 1.165) is 24.2 Å². The summed E-state index contributed by atoms with van der Waals surface area (Å²) in [4.78, 5) is 2.33. The van der Waals surface area contributed by atoms with E-state index in [9.17, 15) is 5.11 Å². The van der Waals surface area contributed by atoms with E-state index in [4.69, 9.17) is 4.74 Å². The number of hydrogen-bond donors (Lipinski definition) is 1. The van der Waals surface area contributed by atoms with Crippen molar-refractivity contribution >= 4 is 0 Å². The van der Waals surface area contributed by atoms with Gasteiger partial charge < -0.3 is 9.84 Å². The quantitative estimate of drug-likeness (QED) is 0.898. The molecule has 3 unspecified atom stereocenters. The number of nitrogens with zero attached hydrogens (tertiary/aromatic N) is 1. The van der Waals surface area contributed by atoms with Gasteiger partial charge in [0.25, 0.3) is 0 Å². The average Bonchev–Trinajstić information content (AvgIpc) is 2.74. The maximum Gasteiger partial charge on any atom is 0.119 e. The van der Waals surface area contributed by atoms with Crippen LogP contribution in [-0.4, -0.2) is 36.2 Å². The average molecular weight is 277 g/mol. The van der Waals surface area contributed by atoms with Gasteiger partial charge >= 0.3 is 0 Å². The van der Waals surface area contributed by atoms with Crippen molar-refractivity contribution in [3.8, 4) is 5.75 Å². The third-order valence-corrected chi connectivity index (χ3v) is 4.50. The zero-order valence-corrected chi connectivity index (χ0v) is 13.3. The van der Waals surface area contributed by atoms with Gasteiger partial charge in [-0.1, -0.05) is 19.9 Å². The minimum absolute atomic E-state index is 0.172. The molecule has 0 bridgehead atoms. The standard InChI is InChI=1S/C17H27NO2/c1-11(2)8-12(3)18(4)16-9-13-6-7-14(20-5)10-15(13)17(16)19/h6-7,10-12,16-17,19H,8-9H2,1-5H3. The van der Waals surface area contributed by atoms with E-state index < -0.39 is 6.10 Å². The Labute approximate surface area is 122 Å². The van der Waals surface area contributed by atoms with E-state index in [2.05, 4.69) is 38.8 Å². The Balaban J connectivity index is 2.13. The number of hydrogen-bond acceptors (Lipinski definition) is 3. The van der Waals surface area contributed by atoms with Crippen LogP contribution in [-0.2, 0) is 6.42 Å². The second-order valence-electron chi connectivity index (χ2n) is 6.43. The van der Waals surface area contributed by atoms with E-state index in [1.54, 1.807) is 7.11 Å². The fourth-order valence-corrected chi connectivity index (χ4v) is 3.25. The van der Waals surface area contributed by atoms with Crippen LogP contribution in [0.15, 0.2) is 18.2 Å². The zero-order valence-electron chi connectivity index (χ0n) is 13.3. The summed E-state index contributed by atoms with van der Waals surface area (Å²) in [6.45, 7) is 6.74. The molecule has 112 valence electrons. The molecule has 3 heteroatoms. The molecular weight excluding hydrogens is 250 g/mol. The predicted octanol–water partition coefficient (Wildman–Crippen LogP) is 3.02. The Morgan fingerprint density at radius 3 is 2.65 bits per heavy atom. The van der Waals surface area contributed by atoms with Gasteiger partial charge in [-0.2, -0.15) is 0 Å². The van der Waals surface area contributed by atoms with Crippen molar-refractivity contribution in [3.63, 3.8) is 0 Å². The number of likely N-dealkylation sites (N-methyl/N-ethyl adjacent to an activating group) is 1. The molecule has 1 N–H and O–H groups in total. The number of ether oxygens (including phenoxy) is 1. The molecular formula is C17H27NO2. The lowest BCUT2D eigenvalue weighted by atomic mass is 10.0. The summed E-state index contributed by atoms with van der Waals surface area (Å²) in [7, 11) is 3.79. The largest absolute Gasteiger partial charge is 0.497 e. The molecule has 0 amide bonds. The Morgan fingerprint density at radius 1 is 1.35 bits per heavy atom. The molecule has 2 rings (SSSR count). The summed E-state index contributed by atoms with van der Waals surface area (Å²) in [5.74, 6) is 1.50. The van der Waals surface area contributed by atoms with Crippen LogP contribution in [0, 0.1) is 5.92 Å². The molecule has 0 fully saturated rings. The summed E-state index contributed by atoms with van der Waals surface area (Å²) in [5, 5.41) is 10.6. The molecule has 1 aliphatic carbocycles. The highest BCUT2D eigenvalue weighted by molar-refractivity contribution is 5.41. The minimum atomic E-state index is -0.417. The first-order valence-corrected chi connectivity index (χ1v) is 7.50. The van der Waals surface area contributed by atoms with Crippen LogP contribution in [0.3, 0.4) is 0 Å². The monoisotopic (exact) mass is 277 g/mol. The molecule has 0 saturated heterocycles. The van der Waals surface area contributed by atoms with Crippen LogP contribution in [0.4, 0.5) is 0 Å². The van der Waals surface area contributed by atoms with Crippen molar-refractivity contribution in [2.24, 2.45) is 5.92 Å². The first-order valence-electron chi connectivity index (χ1n) is 7.50. The maximum absolute atomic E-state index is 10.6. The topological polar surface area (TPSA) is 32.7 Å². The Bertz CT molecular complexity index is 458. The number of methoxy groups -OCH3 is 1. The number of aliphatic hydroxyl groups excluding tert-OH is 1. The lowest BCUT2D eigenvalue weighted by Gasteiger charge is -2.33. The summed E-state index contributed by atoms with van der Waals surface area (Å²) in [5.41, 5.74) is 2.27. The van der Waals surface area contributed by atoms with Gasteiger partial charge in [-0.15, -0.1) is 0 Å². The molecule has 1 aromatic rings. The fraction of sp³-hybridized carbons (Fsp3) is 0.647. The maximum atomic E-state index is 10.6. The highest BCUT2D eigenvalue weighted by Gasteiger charge is 2.35. The minimum Gasteiger partial charge on any atom is -0.497 e. The summed E-state index contributed by atoms with van der Waals surface area (Å²) in [6, 6.07) is 6.68. The highest BCUT2D eigenvalue weighted by Crippen LogP contribution is 2.37.